The molecule has 5 heteroatoms. The molecule has 0 aromatic heterocycles. The second kappa shape index (κ2) is 5.93. The van der Waals surface area contributed by atoms with Gasteiger partial charge in [0.15, 0.2) is 11.6 Å². The van der Waals surface area contributed by atoms with Crippen LogP contribution in [0.3, 0.4) is 0 Å². The maximum absolute atomic E-state index is 12.7. The third-order valence-electron chi connectivity index (χ3n) is 3.55. The van der Waals surface area contributed by atoms with Crippen LogP contribution >= 0.6 is 15.9 Å². The summed E-state index contributed by atoms with van der Waals surface area (Å²) in [6.45, 7) is 0.422. The van der Waals surface area contributed by atoms with Crippen molar-refractivity contribution in [1.29, 1.82) is 0 Å². The summed E-state index contributed by atoms with van der Waals surface area (Å²) < 4.78 is 5.62. The Morgan fingerprint density at radius 3 is 2.23 bits per heavy atom. The van der Waals surface area contributed by atoms with E-state index < -0.39 is 0 Å². The van der Waals surface area contributed by atoms with Crippen molar-refractivity contribution >= 4 is 27.5 Å². The van der Waals surface area contributed by atoms with Crippen LogP contribution in [0.2, 0.25) is 0 Å². The van der Waals surface area contributed by atoms with Gasteiger partial charge in [0.05, 0.1) is 17.7 Å². The van der Waals surface area contributed by atoms with Gasteiger partial charge >= 0.3 is 0 Å². The molecule has 0 saturated carbocycles. The van der Waals surface area contributed by atoms with Crippen LogP contribution in [0.1, 0.15) is 38.3 Å². The third kappa shape index (κ3) is 2.31. The quantitative estimate of drug-likeness (QED) is 0.572. The molecule has 0 heterocycles. The number of benzene rings is 2. The number of ether oxygens (including phenoxy) is 1. The van der Waals surface area contributed by atoms with E-state index in [4.69, 9.17) is 4.74 Å². The van der Waals surface area contributed by atoms with Crippen molar-refractivity contribution in [3.8, 4) is 11.5 Å². The fourth-order valence-corrected chi connectivity index (χ4v) is 2.76. The van der Waals surface area contributed by atoms with Crippen LogP contribution in [0.5, 0.6) is 11.5 Å². The molecular weight excluding hydrogens is 348 g/mol. The Morgan fingerprint density at radius 2 is 1.59 bits per heavy atom. The molecule has 2 aromatic carbocycles. The highest BCUT2D eigenvalue weighted by atomic mass is 79.9. The van der Waals surface area contributed by atoms with Crippen molar-refractivity contribution in [3.05, 3.63) is 58.7 Å². The summed E-state index contributed by atoms with van der Waals surface area (Å²) in [4.78, 5) is 25.3. The number of ketones is 2. The molecule has 0 bridgehead atoms. The number of carbonyl (C=O) groups excluding carboxylic acids is 2. The molecule has 1 N–H and O–H groups in total. The van der Waals surface area contributed by atoms with E-state index in [0.717, 1.165) is 11.8 Å². The number of alkyl halides is 1. The maximum atomic E-state index is 12.7. The molecule has 0 fully saturated rings. The maximum Gasteiger partial charge on any atom is 0.198 e. The zero-order chi connectivity index (χ0) is 15.7. The van der Waals surface area contributed by atoms with E-state index in [1.54, 1.807) is 24.3 Å². The highest BCUT2D eigenvalue weighted by Crippen LogP contribution is 2.37. The summed E-state index contributed by atoms with van der Waals surface area (Å²) in [6.07, 6.45) is 0.772. The predicted molar refractivity (Wildman–Crippen MR) is 85.3 cm³/mol. The van der Waals surface area contributed by atoms with E-state index in [-0.39, 0.29) is 28.4 Å². The number of aromatic hydroxyl groups is 1. The van der Waals surface area contributed by atoms with Crippen molar-refractivity contribution in [1.82, 2.24) is 0 Å². The van der Waals surface area contributed by atoms with E-state index in [0.29, 0.717) is 23.5 Å². The van der Waals surface area contributed by atoms with Gasteiger partial charge in [-0.25, -0.2) is 0 Å². The van der Waals surface area contributed by atoms with Crippen molar-refractivity contribution in [3.63, 3.8) is 0 Å². The van der Waals surface area contributed by atoms with E-state index in [1.165, 1.54) is 12.1 Å². The summed E-state index contributed by atoms with van der Waals surface area (Å²) in [5, 5.41) is 10.8. The van der Waals surface area contributed by atoms with Gasteiger partial charge in [-0.1, -0.05) is 40.2 Å². The molecule has 0 aliphatic heterocycles. The Morgan fingerprint density at radius 1 is 0.955 bits per heavy atom. The van der Waals surface area contributed by atoms with E-state index >= 15 is 0 Å². The minimum Gasteiger partial charge on any atom is -0.507 e. The first-order valence-corrected chi connectivity index (χ1v) is 8.00. The van der Waals surface area contributed by atoms with Gasteiger partial charge in [0.1, 0.15) is 11.5 Å². The Labute approximate surface area is 135 Å². The number of phenolic OH excluding ortho intramolecular Hbond substituents is 1. The van der Waals surface area contributed by atoms with Gasteiger partial charge in [-0.05, 0) is 18.6 Å². The normalized spacial score (nSPS) is 12.8. The molecule has 0 unspecified atom stereocenters. The van der Waals surface area contributed by atoms with Crippen LogP contribution in [-0.4, -0.2) is 28.6 Å². The lowest BCUT2D eigenvalue weighted by Crippen LogP contribution is -2.22. The number of hydrogen-bond acceptors (Lipinski definition) is 4. The third-order valence-corrected chi connectivity index (χ3v) is 4.11. The van der Waals surface area contributed by atoms with Crippen LogP contribution in [0, 0.1) is 0 Å². The van der Waals surface area contributed by atoms with Crippen molar-refractivity contribution in [2.75, 3.05) is 11.9 Å². The lowest BCUT2D eigenvalue weighted by Gasteiger charge is -2.21. The largest absolute Gasteiger partial charge is 0.507 e. The first kappa shape index (κ1) is 14.8. The average molecular weight is 361 g/mol. The molecule has 4 nitrogen and oxygen atoms in total. The van der Waals surface area contributed by atoms with Gasteiger partial charge in [-0.2, -0.15) is 0 Å². The highest BCUT2D eigenvalue weighted by molar-refractivity contribution is 9.09. The second-order valence-corrected chi connectivity index (χ2v) is 5.72. The molecule has 22 heavy (non-hydrogen) atoms. The zero-order valence-corrected chi connectivity index (χ0v) is 13.2. The number of fused-ring (bicyclic) bond motifs is 2. The zero-order valence-electron chi connectivity index (χ0n) is 11.6. The number of hydrogen-bond donors (Lipinski definition) is 1. The molecule has 0 saturated heterocycles. The van der Waals surface area contributed by atoms with Crippen LogP contribution in [0.25, 0.3) is 0 Å². The summed E-state index contributed by atoms with van der Waals surface area (Å²) >= 11 is 3.31. The minimum atomic E-state index is -0.353. The fourth-order valence-electron chi connectivity index (χ4n) is 2.53. The van der Waals surface area contributed by atoms with Gasteiger partial charge in [0.25, 0.3) is 0 Å². The first-order chi connectivity index (χ1) is 10.6. The Kier molecular flexibility index (Phi) is 3.98. The Hall–Kier alpha value is -2.14. The van der Waals surface area contributed by atoms with Gasteiger partial charge in [-0.3, -0.25) is 9.59 Å². The summed E-state index contributed by atoms with van der Waals surface area (Å²) in [6, 6.07) is 9.54. The van der Waals surface area contributed by atoms with Gasteiger partial charge in [0, 0.05) is 16.5 Å². The number of rotatable bonds is 4. The monoisotopic (exact) mass is 360 g/mol. The summed E-state index contributed by atoms with van der Waals surface area (Å²) in [7, 11) is 0. The fraction of sp³-hybridized carbons (Fsp3) is 0.176. The first-order valence-electron chi connectivity index (χ1n) is 6.88. The number of carbonyl (C=O) groups is 2. The van der Waals surface area contributed by atoms with Crippen LogP contribution in [-0.2, 0) is 0 Å². The lowest BCUT2D eigenvalue weighted by atomic mass is 9.83. The molecule has 3 rings (SSSR count). The standard InChI is InChI=1S/C17H13BrO4/c18-8-3-9-22-13-7-6-12(19)14-15(13)17(21)11-5-2-1-4-10(11)16(14)20/h1-2,4-7,19H,3,8-9H2. The molecule has 1 aliphatic carbocycles. The number of phenols is 1. The predicted octanol–water partition coefficient (Wildman–Crippen LogP) is 3.33. The lowest BCUT2D eigenvalue weighted by molar-refractivity contribution is 0.0973. The van der Waals surface area contributed by atoms with E-state index in [9.17, 15) is 14.7 Å². The van der Waals surface area contributed by atoms with Crippen molar-refractivity contribution in [2.24, 2.45) is 0 Å². The molecule has 2 aromatic rings. The van der Waals surface area contributed by atoms with E-state index in [1.807, 2.05) is 0 Å². The Bertz CT molecular complexity index is 767. The van der Waals surface area contributed by atoms with Gasteiger partial charge in [-0.15, -0.1) is 0 Å². The van der Waals surface area contributed by atoms with Gasteiger partial charge in [0.2, 0.25) is 0 Å². The Balaban J connectivity index is 2.14. The summed E-state index contributed by atoms with van der Waals surface area (Å²) in [5.41, 5.74) is 0.835. The molecule has 112 valence electrons. The minimum absolute atomic E-state index is 0.0278. The molecule has 0 atom stereocenters. The SMILES string of the molecule is O=C1c2ccccc2C(=O)c2c(OCCCBr)ccc(O)c21. The molecule has 1 aliphatic rings. The van der Waals surface area contributed by atoms with Gasteiger partial charge < -0.3 is 9.84 Å². The highest BCUT2D eigenvalue weighted by Gasteiger charge is 2.34. The average Bonchev–Trinajstić information content (AvgIpc) is 2.54. The van der Waals surface area contributed by atoms with Crippen molar-refractivity contribution in [2.45, 2.75) is 6.42 Å². The van der Waals surface area contributed by atoms with Crippen LogP contribution in [0.4, 0.5) is 0 Å². The topological polar surface area (TPSA) is 63.6 Å². The van der Waals surface area contributed by atoms with Crippen LogP contribution in [0.15, 0.2) is 36.4 Å². The van der Waals surface area contributed by atoms with Crippen molar-refractivity contribution < 1.29 is 19.4 Å². The number of halogens is 1. The smallest absolute Gasteiger partial charge is 0.198 e. The van der Waals surface area contributed by atoms with E-state index in [2.05, 4.69) is 15.9 Å². The molecule has 0 amide bonds. The van der Waals surface area contributed by atoms with Crippen LogP contribution < -0.4 is 4.74 Å². The second-order valence-electron chi connectivity index (χ2n) is 4.93. The molecule has 0 spiro atoms. The summed E-state index contributed by atoms with van der Waals surface area (Å²) in [5.74, 6) is -0.513. The molecular formula is C17H13BrO4. The molecule has 0 radical (unpaired) electrons.